The van der Waals surface area contributed by atoms with Crippen molar-refractivity contribution < 1.29 is 9.53 Å². The number of nitriles is 1. The van der Waals surface area contributed by atoms with E-state index in [9.17, 15) is 4.79 Å². The van der Waals surface area contributed by atoms with Crippen molar-refractivity contribution in [2.75, 3.05) is 7.11 Å². The van der Waals surface area contributed by atoms with Crippen LogP contribution >= 0.6 is 0 Å². The van der Waals surface area contributed by atoms with Crippen molar-refractivity contribution in [3.05, 3.63) is 12.2 Å². The van der Waals surface area contributed by atoms with Crippen LogP contribution < -0.4 is 0 Å². The summed E-state index contributed by atoms with van der Waals surface area (Å²) in [5, 5.41) is 8.22. The Labute approximate surface area is 72.6 Å². The van der Waals surface area contributed by atoms with Gasteiger partial charge < -0.3 is 4.74 Å². The number of carbonyl (C=O) groups excluding carboxylic acids is 1. The molecule has 0 amide bonds. The number of methoxy groups -OCH3 is 1. The topological polar surface area (TPSA) is 50.1 Å². The predicted octanol–water partition coefficient (Wildman–Crippen LogP) is 1.80. The fourth-order valence-electron chi connectivity index (χ4n) is 0.789. The molecule has 0 aliphatic rings. The van der Waals surface area contributed by atoms with Crippen molar-refractivity contribution in [3.8, 4) is 6.07 Å². The Balaban J connectivity index is 3.46. The number of carbonyl (C=O) groups is 1. The highest BCUT2D eigenvalue weighted by Gasteiger charge is 2.04. The second-order valence-electron chi connectivity index (χ2n) is 2.46. The lowest BCUT2D eigenvalue weighted by molar-refractivity contribution is -0.136. The lowest BCUT2D eigenvalue weighted by Gasteiger charge is -2.00. The van der Waals surface area contributed by atoms with E-state index in [-0.39, 0.29) is 5.97 Å². The van der Waals surface area contributed by atoms with Crippen molar-refractivity contribution >= 4 is 5.97 Å². The lowest BCUT2D eigenvalue weighted by Crippen LogP contribution is -2.03. The average Bonchev–Trinajstić information content (AvgIpc) is 2.10. The second-order valence-corrected chi connectivity index (χ2v) is 2.46. The van der Waals surface area contributed by atoms with E-state index in [0.717, 1.165) is 12.8 Å². The number of hydrogen-bond acceptors (Lipinski definition) is 3. The molecule has 0 aromatic heterocycles. The highest BCUT2D eigenvalue weighted by molar-refractivity contribution is 5.87. The smallest absolute Gasteiger partial charge is 0.333 e. The molecule has 0 rings (SSSR count). The first-order chi connectivity index (χ1) is 5.72. The zero-order valence-electron chi connectivity index (χ0n) is 7.30. The van der Waals surface area contributed by atoms with Crippen LogP contribution in [0.2, 0.25) is 0 Å². The van der Waals surface area contributed by atoms with Crippen molar-refractivity contribution in [2.24, 2.45) is 0 Å². The first-order valence-corrected chi connectivity index (χ1v) is 3.85. The Morgan fingerprint density at radius 3 is 2.75 bits per heavy atom. The van der Waals surface area contributed by atoms with Crippen LogP contribution in [0.25, 0.3) is 0 Å². The van der Waals surface area contributed by atoms with Gasteiger partial charge in [-0.15, -0.1) is 0 Å². The Hall–Kier alpha value is -1.30. The zero-order chi connectivity index (χ0) is 9.40. The van der Waals surface area contributed by atoms with Gasteiger partial charge in [-0.2, -0.15) is 5.26 Å². The summed E-state index contributed by atoms with van der Waals surface area (Å²) in [6, 6.07) is 2.04. The molecule has 12 heavy (non-hydrogen) atoms. The summed E-state index contributed by atoms with van der Waals surface area (Å²) in [5.74, 6) is -0.355. The summed E-state index contributed by atoms with van der Waals surface area (Å²) in [6.07, 6.45) is 2.79. The minimum absolute atomic E-state index is 0.355. The van der Waals surface area contributed by atoms with Crippen molar-refractivity contribution in [1.29, 1.82) is 5.26 Å². The Bertz CT molecular complexity index is 203. The third-order valence-electron chi connectivity index (χ3n) is 1.49. The molecule has 0 aliphatic carbocycles. The standard InChI is InChI=1S/C9H13NO2/c1-8(9(11)12-2)6-4-3-5-7-10/h1,3-6H2,2H3. The molecule has 0 spiro atoms. The molecule has 0 saturated carbocycles. The molecule has 0 bridgehead atoms. The summed E-state index contributed by atoms with van der Waals surface area (Å²) < 4.78 is 4.47. The fraction of sp³-hybridized carbons (Fsp3) is 0.556. The van der Waals surface area contributed by atoms with E-state index >= 15 is 0 Å². The summed E-state index contributed by atoms with van der Waals surface area (Å²) in [6.45, 7) is 3.57. The molecule has 0 saturated heterocycles. The SMILES string of the molecule is C=C(CCCCC#N)C(=O)OC. The van der Waals surface area contributed by atoms with Crippen molar-refractivity contribution in [1.82, 2.24) is 0 Å². The zero-order valence-corrected chi connectivity index (χ0v) is 7.30. The summed E-state index contributed by atoms with van der Waals surface area (Å²) in [7, 11) is 1.34. The first-order valence-electron chi connectivity index (χ1n) is 3.85. The van der Waals surface area contributed by atoms with E-state index < -0.39 is 0 Å². The fourth-order valence-corrected chi connectivity index (χ4v) is 0.789. The van der Waals surface area contributed by atoms with Gasteiger partial charge in [0.15, 0.2) is 0 Å². The Morgan fingerprint density at radius 2 is 2.25 bits per heavy atom. The Kier molecular flexibility index (Phi) is 5.72. The molecule has 0 aliphatic heterocycles. The van der Waals surface area contributed by atoms with Crippen LogP contribution in [0.3, 0.4) is 0 Å². The van der Waals surface area contributed by atoms with E-state index in [1.54, 1.807) is 0 Å². The molecule has 0 atom stereocenters. The van der Waals surface area contributed by atoms with Gasteiger partial charge in [-0.3, -0.25) is 0 Å². The third-order valence-corrected chi connectivity index (χ3v) is 1.49. The number of hydrogen-bond donors (Lipinski definition) is 0. The normalized spacial score (nSPS) is 8.67. The predicted molar refractivity (Wildman–Crippen MR) is 45.2 cm³/mol. The number of nitrogens with zero attached hydrogens (tertiary/aromatic N) is 1. The van der Waals surface area contributed by atoms with Gasteiger partial charge in [-0.25, -0.2) is 4.79 Å². The molecule has 66 valence electrons. The van der Waals surface area contributed by atoms with Crippen LogP contribution in [0.5, 0.6) is 0 Å². The van der Waals surface area contributed by atoms with Gasteiger partial charge in [-0.05, 0) is 19.3 Å². The van der Waals surface area contributed by atoms with Gasteiger partial charge in [0, 0.05) is 12.0 Å². The molecule has 0 unspecified atom stereocenters. The monoisotopic (exact) mass is 167 g/mol. The highest BCUT2D eigenvalue weighted by atomic mass is 16.5. The number of unbranched alkanes of at least 4 members (excludes halogenated alkanes) is 2. The highest BCUT2D eigenvalue weighted by Crippen LogP contribution is 2.07. The molecule has 0 aromatic carbocycles. The second kappa shape index (κ2) is 6.41. The first kappa shape index (κ1) is 10.7. The van der Waals surface area contributed by atoms with Gasteiger partial charge >= 0.3 is 5.97 Å². The summed E-state index contributed by atoms with van der Waals surface area (Å²) in [4.78, 5) is 10.8. The van der Waals surface area contributed by atoms with Crippen LogP contribution in [-0.4, -0.2) is 13.1 Å². The number of esters is 1. The number of ether oxygens (including phenoxy) is 1. The molecular weight excluding hydrogens is 154 g/mol. The van der Waals surface area contributed by atoms with E-state index in [4.69, 9.17) is 5.26 Å². The lowest BCUT2D eigenvalue weighted by atomic mass is 10.1. The van der Waals surface area contributed by atoms with Gasteiger partial charge in [0.05, 0.1) is 13.2 Å². The van der Waals surface area contributed by atoms with Gasteiger partial charge in [0.25, 0.3) is 0 Å². The largest absolute Gasteiger partial charge is 0.466 e. The minimum Gasteiger partial charge on any atom is -0.466 e. The van der Waals surface area contributed by atoms with Crippen molar-refractivity contribution in [2.45, 2.75) is 25.7 Å². The molecule has 0 radical (unpaired) electrons. The van der Waals surface area contributed by atoms with E-state index in [1.165, 1.54) is 7.11 Å². The van der Waals surface area contributed by atoms with Gasteiger partial charge in [0.1, 0.15) is 0 Å². The molecule has 3 heteroatoms. The van der Waals surface area contributed by atoms with Crippen LogP contribution in [0.1, 0.15) is 25.7 Å². The molecule has 0 aromatic rings. The van der Waals surface area contributed by atoms with Crippen LogP contribution in [-0.2, 0) is 9.53 Å². The maximum absolute atomic E-state index is 10.8. The van der Waals surface area contributed by atoms with Crippen LogP contribution in [0.4, 0.5) is 0 Å². The van der Waals surface area contributed by atoms with Gasteiger partial charge in [0.2, 0.25) is 0 Å². The third kappa shape index (κ3) is 4.51. The molecule has 0 heterocycles. The van der Waals surface area contributed by atoms with Crippen molar-refractivity contribution in [3.63, 3.8) is 0 Å². The molecule has 0 N–H and O–H groups in total. The summed E-state index contributed by atoms with van der Waals surface area (Å²) in [5.41, 5.74) is 0.482. The van der Waals surface area contributed by atoms with Crippen LogP contribution in [0, 0.1) is 11.3 Å². The Morgan fingerprint density at radius 1 is 1.58 bits per heavy atom. The molecular formula is C9H13NO2. The van der Waals surface area contributed by atoms with Crippen LogP contribution in [0.15, 0.2) is 12.2 Å². The molecule has 0 fully saturated rings. The maximum Gasteiger partial charge on any atom is 0.333 e. The minimum atomic E-state index is -0.355. The van der Waals surface area contributed by atoms with E-state index in [1.807, 2.05) is 6.07 Å². The maximum atomic E-state index is 10.8. The summed E-state index contributed by atoms with van der Waals surface area (Å²) >= 11 is 0. The van der Waals surface area contributed by atoms with E-state index in [2.05, 4.69) is 11.3 Å². The quantitative estimate of drug-likeness (QED) is 0.356. The average molecular weight is 167 g/mol. The number of rotatable bonds is 5. The van der Waals surface area contributed by atoms with Gasteiger partial charge in [-0.1, -0.05) is 6.58 Å². The van der Waals surface area contributed by atoms with E-state index in [0.29, 0.717) is 18.4 Å². The molecule has 3 nitrogen and oxygen atoms in total.